The number of rotatable bonds is 6. The Bertz CT molecular complexity index is 2050. The lowest BCUT2D eigenvalue weighted by atomic mass is 9.57. The molecule has 4 aliphatic rings. The number of phenols is 3. The molecule has 4 amide bonds. The summed E-state index contributed by atoms with van der Waals surface area (Å²) >= 11 is 0. The molecule has 3 fully saturated rings. The number of allylic oxidation sites excluding steroid dienone is 2. The number of carbonyl (C=O) groups is 6. The maximum atomic E-state index is 14.3. The van der Waals surface area contributed by atoms with E-state index in [0.717, 1.165) is 34.1 Å². The molecule has 5 N–H and O–H groups in total. The molecule has 250 valence electrons. The number of carbonyl (C=O) groups excluding carboxylic acids is 4. The van der Waals surface area contributed by atoms with E-state index < -0.39 is 93.7 Å². The number of aromatic hydroxyl groups is 3. The van der Waals surface area contributed by atoms with Crippen LogP contribution in [0.4, 0.5) is 11.4 Å². The van der Waals surface area contributed by atoms with Crippen LogP contribution < -0.4 is 14.5 Å². The summed E-state index contributed by atoms with van der Waals surface area (Å²) < 4.78 is 5.40. The summed E-state index contributed by atoms with van der Waals surface area (Å²) in [4.78, 5) is 81.1. The summed E-state index contributed by atoms with van der Waals surface area (Å²) in [5.74, 6) is -12.1. The van der Waals surface area contributed by atoms with E-state index in [4.69, 9.17) is 4.74 Å². The van der Waals surface area contributed by atoms with E-state index >= 15 is 0 Å². The van der Waals surface area contributed by atoms with E-state index in [0.29, 0.717) is 11.3 Å². The summed E-state index contributed by atoms with van der Waals surface area (Å²) in [5.41, 5.74) is -0.0842. The number of methoxy groups -OCH3 is 1. The van der Waals surface area contributed by atoms with Crippen molar-refractivity contribution in [1.29, 1.82) is 0 Å². The standard InChI is InChI=1S/C35H28N2O12/c1-49-16-4-9-24(38)22(12-16)27-17-7-8-20-28(32(43)36(30(20)41)14-2-5-18(34(45)46)25(39)10-14)21(17)13-23-29(27)33(44)37(31(23)42)15-3-6-19(35(47)48)26(40)11-15/h2-7,9-12,20-21,23,27-29,38-40H,8,13H2,1H3,(H,45,46)(H,47,48). The number of imide groups is 2. The third-order valence-electron chi connectivity index (χ3n) is 10.2. The molecule has 6 unspecified atom stereocenters. The number of amides is 4. The van der Waals surface area contributed by atoms with Crippen LogP contribution in [0.25, 0.3) is 0 Å². The highest BCUT2D eigenvalue weighted by Crippen LogP contribution is 2.59. The lowest BCUT2D eigenvalue weighted by Crippen LogP contribution is -2.43. The van der Waals surface area contributed by atoms with Gasteiger partial charge in [-0.3, -0.25) is 19.2 Å². The zero-order valence-corrected chi connectivity index (χ0v) is 25.6. The maximum absolute atomic E-state index is 14.3. The second kappa shape index (κ2) is 11.2. The van der Waals surface area contributed by atoms with Crippen molar-refractivity contribution < 1.29 is 59.0 Å². The van der Waals surface area contributed by atoms with Crippen LogP contribution in [0, 0.1) is 29.6 Å². The number of carboxylic acids is 2. The molecule has 2 heterocycles. The van der Waals surface area contributed by atoms with Gasteiger partial charge in [0.25, 0.3) is 0 Å². The van der Waals surface area contributed by atoms with Crippen LogP contribution in [0.5, 0.6) is 23.0 Å². The van der Waals surface area contributed by atoms with Crippen molar-refractivity contribution in [2.24, 2.45) is 29.6 Å². The molecule has 7 rings (SSSR count). The molecule has 14 nitrogen and oxygen atoms in total. The third kappa shape index (κ3) is 4.62. The number of aromatic carboxylic acids is 2. The molecule has 2 saturated heterocycles. The average molecular weight is 669 g/mol. The molecule has 2 aliphatic heterocycles. The van der Waals surface area contributed by atoms with Gasteiger partial charge in [0.05, 0.1) is 42.2 Å². The first kappa shape index (κ1) is 31.4. The highest BCUT2D eigenvalue weighted by molar-refractivity contribution is 6.24. The molecule has 0 bridgehead atoms. The van der Waals surface area contributed by atoms with Crippen molar-refractivity contribution in [3.8, 4) is 23.0 Å². The van der Waals surface area contributed by atoms with Gasteiger partial charge < -0.3 is 30.3 Å². The quantitative estimate of drug-likeness (QED) is 0.189. The molecular weight excluding hydrogens is 640 g/mol. The zero-order chi connectivity index (χ0) is 35.0. The van der Waals surface area contributed by atoms with Crippen molar-refractivity contribution >= 4 is 46.9 Å². The minimum atomic E-state index is -1.41. The normalized spacial score (nSPS) is 25.9. The summed E-state index contributed by atoms with van der Waals surface area (Å²) in [6.45, 7) is 0. The summed E-state index contributed by atoms with van der Waals surface area (Å²) in [5, 5.41) is 50.5. The number of nitrogens with zero attached hydrogens (tertiary/aromatic N) is 2. The highest BCUT2D eigenvalue weighted by Gasteiger charge is 2.62. The van der Waals surface area contributed by atoms with Crippen LogP contribution in [-0.4, -0.2) is 68.2 Å². The minimum absolute atomic E-state index is 0.0186. The van der Waals surface area contributed by atoms with E-state index in [1.807, 2.05) is 0 Å². The molecule has 0 aromatic heterocycles. The predicted molar refractivity (Wildman–Crippen MR) is 167 cm³/mol. The van der Waals surface area contributed by atoms with Gasteiger partial charge in [-0.2, -0.15) is 0 Å². The second-order valence-corrected chi connectivity index (χ2v) is 12.5. The number of hydrogen-bond acceptors (Lipinski definition) is 10. The Morgan fingerprint density at radius 2 is 1.22 bits per heavy atom. The van der Waals surface area contributed by atoms with Crippen molar-refractivity contribution in [2.75, 3.05) is 16.9 Å². The minimum Gasteiger partial charge on any atom is -0.508 e. The third-order valence-corrected chi connectivity index (χ3v) is 10.2. The molecule has 3 aromatic carbocycles. The number of phenolic OH excluding ortho intramolecular Hbond substituents is 1. The highest BCUT2D eigenvalue weighted by atomic mass is 16.5. The molecule has 0 radical (unpaired) electrons. The first-order valence-corrected chi connectivity index (χ1v) is 15.3. The van der Waals surface area contributed by atoms with Crippen molar-refractivity contribution in [3.63, 3.8) is 0 Å². The van der Waals surface area contributed by atoms with Gasteiger partial charge in [-0.25, -0.2) is 19.4 Å². The molecule has 49 heavy (non-hydrogen) atoms. The fraction of sp³-hybridized carbons (Fsp3) is 0.257. The Balaban J connectivity index is 1.33. The van der Waals surface area contributed by atoms with Gasteiger partial charge >= 0.3 is 11.9 Å². The molecule has 2 aliphatic carbocycles. The number of ether oxygens (including phenoxy) is 1. The Morgan fingerprint density at radius 3 is 1.76 bits per heavy atom. The van der Waals surface area contributed by atoms with Crippen molar-refractivity contribution in [2.45, 2.75) is 18.8 Å². The molecule has 1 saturated carbocycles. The first-order chi connectivity index (χ1) is 23.3. The van der Waals surface area contributed by atoms with Crippen molar-refractivity contribution in [1.82, 2.24) is 0 Å². The van der Waals surface area contributed by atoms with E-state index in [9.17, 15) is 54.3 Å². The van der Waals surface area contributed by atoms with Gasteiger partial charge in [-0.05, 0) is 61.2 Å². The summed E-state index contributed by atoms with van der Waals surface area (Å²) in [6.07, 6.45) is 1.83. The molecule has 3 aromatic rings. The van der Waals surface area contributed by atoms with Crippen LogP contribution >= 0.6 is 0 Å². The van der Waals surface area contributed by atoms with E-state index in [1.54, 1.807) is 12.1 Å². The van der Waals surface area contributed by atoms with Crippen LogP contribution in [0.3, 0.4) is 0 Å². The Labute approximate surface area is 277 Å². The Kier molecular flexibility index (Phi) is 7.19. The van der Waals surface area contributed by atoms with Crippen LogP contribution in [0.2, 0.25) is 0 Å². The summed E-state index contributed by atoms with van der Waals surface area (Å²) in [6, 6.07) is 11.1. The van der Waals surface area contributed by atoms with Gasteiger partial charge in [0.2, 0.25) is 23.6 Å². The van der Waals surface area contributed by atoms with E-state index in [1.165, 1.54) is 31.4 Å². The lowest BCUT2D eigenvalue weighted by Gasteiger charge is -2.44. The lowest BCUT2D eigenvalue weighted by molar-refractivity contribution is -0.126. The Hall–Kier alpha value is -6.18. The monoisotopic (exact) mass is 668 g/mol. The topological polar surface area (TPSA) is 219 Å². The summed E-state index contributed by atoms with van der Waals surface area (Å²) in [7, 11) is 1.42. The molecule has 14 heteroatoms. The number of fused-ring (bicyclic) bond motifs is 4. The fourth-order valence-corrected chi connectivity index (χ4v) is 8.03. The number of hydrogen-bond donors (Lipinski definition) is 5. The largest absolute Gasteiger partial charge is 0.508 e. The van der Waals surface area contributed by atoms with Crippen LogP contribution in [0.15, 0.2) is 66.2 Å². The number of benzene rings is 3. The Morgan fingerprint density at radius 1 is 0.673 bits per heavy atom. The molecule has 6 atom stereocenters. The van der Waals surface area contributed by atoms with Gasteiger partial charge in [0, 0.05) is 23.6 Å². The predicted octanol–water partition coefficient (Wildman–Crippen LogP) is 3.25. The van der Waals surface area contributed by atoms with E-state index in [-0.39, 0.29) is 35.5 Å². The number of carboxylic acid groups (broad SMARTS) is 2. The zero-order valence-electron chi connectivity index (χ0n) is 25.6. The van der Waals surface area contributed by atoms with Gasteiger partial charge in [0.15, 0.2) is 0 Å². The first-order valence-electron chi connectivity index (χ1n) is 15.3. The smallest absolute Gasteiger partial charge is 0.339 e. The van der Waals surface area contributed by atoms with Gasteiger partial charge in [0.1, 0.15) is 34.1 Å². The maximum Gasteiger partial charge on any atom is 0.339 e. The average Bonchev–Trinajstić information content (AvgIpc) is 3.47. The van der Waals surface area contributed by atoms with E-state index in [2.05, 4.69) is 0 Å². The second-order valence-electron chi connectivity index (χ2n) is 12.5. The fourth-order valence-electron chi connectivity index (χ4n) is 8.03. The molecule has 0 spiro atoms. The SMILES string of the molecule is COc1ccc(O)c(C2C3=CCC4C(=O)N(c5ccc(C(=O)O)c(O)c5)C(=O)C4C3CC3C(=O)N(c4ccc(C(=O)O)c(O)c4)C(=O)C32)c1. The molecular formula is C35H28N2O12. The van der Waals surface area contributed by atoms with Gasteiger partial charge in [-0.15, -0.1) is 0 Å². The van der Waals surface area contributed by atoms with Crippen LogP contribution in [0.1, 0.15) is 45.0 Å². The van der Waals surface area contributed by atoms with Crippen LogP contribution in [-0.2, 0) is 19.2 Å². The van der Waals surface area contributed by atoms with Crippen molar-refractivity contribution in [3.05, 3.63) is 82.9 Å². The number of anilines is 2. The van der Waals surface area contributed by atoms with Gasteiger partial charge in [-0.1, -0.05) is 11.6 Å².